The standard InChI is InChI=1S/C20H20N2O3S/c1-12(2)25-16-10-14-13(9-15(16)24-3)6-7-22-18(11-23)21-19(20(14)22)17-5-4-8-26-17/h4-5,8-12H,6-7H2,1-3H3. The third-order valence-electron chi connectivity index (χ3n) is 4.47. The first-order valence-corrected chi connectivity index (χ1v) is 9.48. The summed E-state index contributed by atoms with van der Waals surface area (Å²) in [7, 11) is 1.66. The summed E-state index contributed by atoms with van der Waals surface area (Å²) in [6, 6.07) is 8.10. The van der Waals surface area contributed by atoms with Gasteiger partial charge < -0.3 is 14.0 Å². The van der Waals surface area contributed by atoms with Gasteiger partial charge in [0.1, 0.15) is 5.69 Å². The van der Waals surface area contributed by atoms with Crippen LogP contribution >= 0.6 is 11.3 Å². The number of hydrogen-bond donors (Lipinski definition) is 0. The predicted molar refractivity (Wildman–Crippen MR) is 102 cm³/mol. The summed E-state index contributed by atoms with van der Waals surface area (Å²) in [5.74, 6) is 1.91. The zero-order valence-electron chi connectivity index (χ0n) is 15.0. The maximum Gasteiger partial charge on any atom is 0.185 e. The highest BCUT2D eigenvalue weighted by Crippen LogP contribution is 2.43. The minimum atomic E-state index is 0.0396. The van der Waals surface area contributed by atoms with E-state index >= 15 is 0 Å². The summed E-state index contributed by atoms with van der Waals surface area (Å²) in [6.07, 6.45) is 1.69. The maximum absolute atomic E-state index is 11.6. The molecule has 26 heavy (non-hydrogen) atoms. The maximum atomic E-state index is 11.6. The predicted octanol–water partition coefficient (Wildman–Crippen LogP) is 4.44. The summed E-state index contributed by atoms with van der Waals surface area (Å²) < 4.78 is 13.5. The second-order valence-corrected chi connectivity index (χ2v) is 7.44. The highest BCUT2D eigenvalue weighted by atomic mass is 32.1. The molecule has 0 bridgehead atoms. The van der Waals surface area contributed by atoms with Crippen molar-refractivity contribution >= 4 is 17.6 Å². The number of imidazole rings is 1. The van der Waals surface area contributed by atoms with Crippen molar-refractivity contribution in [3.63, 3.8) is 0 Å². The van der Waals surface area contributed by atoms with E-state index in [4.69, 9.17) is 9.47 Å². The van der Waals surface area contributed by atoms with Crippen LogP contribution in [-0.4, -0.2) is 29.1 Å². The van der Waals surface area contributed by atoms with Gasteiger partial charge in [0.05, 0.1) is 23.8 Å². The number of carbonyl (C=O) groups is 1. The highest BCUT2D eigenvalue weighted by Gasteiger charge is 2.27. The topological polar surface area (TPSA) is 53.4 Å². The molecule has 0 saturated heterocycles. The average Bonchev–Trinajstić information content (AvgIpc) is 3.27. The van der Waals surface area contributed by atoms with Crippen molar-refractivity contribution in [3.8, 4) is 33.3 Å². The molecule has 6 heteroatoms. The van der Waals surface area contributed by atoms with Crippen molar-refractivity contribution in [1.29, 1.82) is 0 Å². The Hall–Kier alpha value is -2.60. The largest absolute Gasteiger partial charge is 0.493 e. The molecule has 1 aliphatic heterocycles. The van der Waals surface area contributed by atoms with E-state index in [1.165, 1.54) is 5.56 Å². The molecule has 1 aliphatic rings. The normalized spacial score (nSPS) is 12.6. The van der Waals surface area contributed by atoms with Crippen LogP contribution in [-0.2, 0) is 13.0 Å². The van der Waals surface area contributed by atoms with E-state index in [1.54, 1.807) is 18.4 Å². The zero-order valence-corrected chi connectivity index (χ0v) is 15.8. The minimum absolute atomic E-state index is 0.0396. The molecule has 4 rings (SSSR count). The molecular formula is C20H20N2O3S. The van der Waals surface area contributed by atoms with Gasteiger partial charge in [-0.1, -0.05) is 6.07 Å². The molecule has 3 aromatic rings. The Balaban J connectivity index is 1.96. The molecule has 2 aromatic heterocycles. The van der Waals surface area contributed by atoms with Gasteiger partial charge in [-0.2, -0.15) is 0 Å². The molecule has 0 spiro atoms. The number of thiophene rings is 1. The molecule has 0 radical (unpaired) electrons. The summed E-state index contributed by atoms with van der Waals surface area (Å²) in [6.45, 7) is 4.71. The molecule has 0 aliphatic carbocycles. The number of carbonyl (C=O) groups excluding carboxylic acids is 1. The van der Waals surface area contributed by atoms with Gasteiger partial charge in [0, 0.05) is 12.1 Å². The number of ether oxygens (including phenoxy) is 2. The van der Waals surface area contributed by atoms with Crippen LogP contribution in [0, 0.1) is 0 Å². The van der Waals surface area contributed by atoms with Crippen LogP contribution in [0.2, 0.25) is 0 Å². The van der Waals surface area contributed by atoms with E-state index in [-0.39, 0.29) is 6.10 Å². The lowest BCUT2D eigenvalue weighted by Gasteiger charge is -2.23. The molecule has 1 aromatic carbocycles. The Kier molecular flexibility index (Phi) is 4.28. The van der Waals surface area contributed by atoms with E-state index in [0.29, 0.717) is 11.6 Å². The van der Waals surface area contributed by atoms with Crippen LogP contribution in [0.15, 0.2) is 29.6 Å². The Morgan fingerprint density at radius 2 is 2.15 bits per heavy atom. The molecule has 3 heterocycles. The van der Waals surface area contributed by atoms with Gasteiger partial charge in [-0.3, -0.25) is 4.79 Å². The number of hydrogen-bond acceptors (Lipinski definition) is 5. The molecule has 0 amide bonds. The van der Waals surface area contributed by atoms with Crippen molar-refractivity contribution in [2.45, 2.75) is 32.9 Å². The molecule has 5 nitrogen and oxygen atoms in total. The molecule has 0 atom stereocenters. The fourth-order valence-corrected chi connectivity index (χ4v) is 4.13. The number of aryl methyl sites for hydroxylation is 1. The Morgan fingerprint density at radius 1 is 1.31 bits per heavy atom. The number of nitrogens with zero attached hydrogens (tertiary/aromatic N) is 2. The number of benzene rings is 1. The van der Waals surface area contributed by atoms with Crippen LogP contribution in [0.1, 0.15) is 30.0 Å². The van der Waals surface area contributed by atoms with E-state index in [9.17, 15) is 4.79 Å². The lowest BCUT2D eigenvalue weighted by atomic mass is 9.96. The van der Waals surface area contributed by atoms with Gasteiger partial charge in [0.2, 0.25) is 0 Å². The quantitative estimate of drug-likeness (QED) is 0.625. The van der Waals surface area contributed by atoms with Crippen LogP contribution in [0.25, 0.3) is 21.8 Å². The van der Waals surface area contributed by atoms with Gasteiger partial charge in [0.15, 0.2) is 23.6 Å². The van der Waals surface area contributed by atoms with Gasteiger partial charge in [0.25, 0.3) is 0 Å². The van der Waals surface area contributed by atoms with Gasteiger partial charge >= 0.3 is 0 Å². The first kappa shape index (κ1) is 16.8. The van der Waals surface area contributed by atoms with Crippen molar-refractivity contribution in [2.24, 2.45) is 0 Å². The van der Waals surface area contributed by atoms with Crippen LogP contribution in [0.5, 0.6) is 11.5 Å². The van der Waals surface area contributed by atoms with E-state index in [0.717, 1.165) is 46.8 Å². The number of methoxy groups -OCH3 is 1. The second kappa shape index (κ2) is 6.61. The number of aromatic nitrogens is 2. The number of aldehydes is 1. The summed E-state index contributed by atoms with van der Waals surface area (Å²) in [4.78, 5) is 17.2. The Labute approximate surface area is 156 Å². The Morgan fingerprint density at radius 3 is 2.81 bits per heavy atom. The minimum Gasteiger partial charge on any atom is -0.493 e. The molecule has 0 fully saturated rings. The fourth-order valence-electron chi connectivity index (χ4n) is 3.41. The van der Waals surface area contributed by atoms with Crippen LogP contribution in [0.4, 0.5) is 0 Å². The van der Waals surface area contributed by atoms with Gasteiger partial charge in [-0.05, 0) is 49.4 Å². The van der Waals surface area contributed by atoms with Crippen molar-refractivity contribution in [2.75, 3.05) is 7.11 Å². The molecule has 0 unspecified atom stereocenters. The fraction of sp³-hybridized carbons (Fsp3) is 0.300. The van der Waals surface area contributed by atoms with Crippen molar-refractivity contribution in [3.05, 3.63) is 41.0 Å². The third kappa shape index (κ3) is 2.70. The van der Waals surface area contributed by atoms with E-state index in [2.05, 4.69) is 4.98 Å². The molecule has 134 valence electrons. The third-order valence-corrected chi connectivity index (χ3v) is 5.35. The lowest BCUT2D eigenvalue weighted by molar-refractivity contribution is 0.111. The first-order chi connectivity index (χ1) is 12.6. The molecule has 0 saturated carbocycles. The summed E-state index contributed by atoms with van der Waals surface area (Å²) >= 11 is 1.62. The van der Waals surface area contributed by atoms with Crippen LogP contribution in [0.3, 0.4) is 0 Å². The first-order valence-electron chi connectivity index (χ1n) is 8.60. The van der Waals surface area contributed by atoms with E-state index in [1.807, 2.05) is 48.1 Å². The van der Waals surface area contributed by atoms with Crippen LogP contribution < -0.4 is 9.47 Å². The molecular weight excluding hydrogens is 348 g/mol. The average molecular weight is 368 g/mol. The monoisotopic (exact) mass is 368 g/mol. The van der Waals surface area contributed by atoms with E-state index < -0.39 is 0 Å². The van der Waals surface area contributed by atoms with Crippen molar-refractivity contribution in [1.82, 2.24) is 9.55 Å². The zero-order chi connectivity index (χ0) is 18.3. The van der Waals surface area contributed by atoms with Gasteiger partial charge in [-0.15, -0.1) is 11.3 Å². The summed E-state index contributed by atoms with van der Waals surface area (Å²) in [5, 5.41) is 2.02. The van der Waals surface area contributed by atoms with Gasteiger partial charge in [-0.25, -0.2) is 4.98 Å². The molecule has 0 N–H and O–H groups in total. The highest BCUT2D eigenvalue weighted by molar-refractivity contribution is 7.13. The SMILES string of the molecule is COc1cc2c(cc1OC(C)C)-c1c(-c3cccs3)nc(C=O)n1CC2. The second-order valence-electron chi connectivity index (χ2n) is 6.49. The smallest absolute Gasteiger partial charge is 0.185 e. The summed E-state index contributed by atoms with van der Waals surface area (Å²) in [5.41, 5.74) is 4.06. The Bertz CT molecular complexity index is 958. The lowest BCUT2D eigenvalue weighted by Crippen LogP contribution is -2.14. The van der Waals surface area contributed by atoms with Crippen molar-refractivity contribution < 1.29 is 14.3 Å². The number of rotatable bonds is 5. The number of fused-ring (bicyclic) bond motifs is 3.